The van der Waals surface area contributed by atoms with Crippen LogP contribution in [-0.2, 0) is 4.74 Å². The van der Waals surface area contributed by atoms with Crippen LogP contribution < -0.4 is 4.43 Å². The zero-order valence-electron chi connectivity index (χ0n) is 11.7. The van der Waals surface area contributed by atoms with E-state index in [0.717, 1.165) is 24.3 Å². The highest BCUT2D eigenvalue weighted by atomic mass is 28.2. The summed E-state index contributed by atoms with van der Waals surface area (Å²) in [5, 5.41) is 0. The Bertz CT molecular complexity index is 365. The molecule has 2 unspecified atom stereocenters. The number of hydrogen-bond donors (Lipinski definition) is 0. The molecule has 18 heavy (non-hydrogen) atoms. The molecule has 1 aromatic rings. The van der Waals surface area contributed by atoms with Gasteiger partial charge in [0.15, 0.2) is 0 Å². The third-order valence-electron chi connectivity index (χ3n) is 3.18. The summed E-state index contributed by atoms with van der Waals surface area (Å²) in [6.45, 7) is 10.9. The van der Waals surface area contributed by atoms with Crippen molar-refractivity contribution in [2.24, 2.45) is 0 Å². The van der Waals surface area contributed by atoms with E-state index in [9.17, 15) is 0 Å². The summed E-state index contributed by atoms with van der Waals surface area (Å²) in [4.78, 5) is 0. The van der Waals surface area contributed by atoms with Crippen LogP contribution in [0.5, 0.6) is 5.75 Å². The summed E-state index contributed by atoms with van der Waals surface area (Å²) in [6, 6.07) is 8.09. The second-order valence-electron chi connectivity index (χ2n) is 4.42. The molecule has 2 nitrogen and oxygen atoms in total. The van der Waals surface area contributed by atoms with Crippen LogP contribution in [0, 0.1) is 0 Å². The average molecular weight is 264 g/mol. The van der Waals surface area contributed by atoms with Crippen LogP contribution in [0.2, 0.25) is 5.54 Å². The fraction of sp³-hybridized carbons (Fsp3) is 0.467. The molecule has 0 N–H and O–H groups in total. The van der Waals surface area contributed by atoms with Gasteiger partial charge in [-0.3, -0.25) is 0 Å². The normalized spacial score (nSPS) is 14.6. The first-order chi connectivity index (χ1) is 8.71. The highest BCUT2D eigenvalue weighted by Gasteiger charge is 2.17. The Morgan fingerprint density at radius 3 is 2.78 bits per heavy atom. The van der Waals surface area contributed by atoms with Gasteiger partial charge >= 0.3 is 0 Å². The first-order valence-corrected chi connectivity index (χ1v) is 8.07. The molecule has 3 heteroatoms. The van der Waals surface area contributed by atoms with Crippen molar-refractivity contribution >= 4 is 15.8 Å². The van der Waals surface area contributed by atoms with Gasteiger partial charge in [-0.15, -0.1) is 0 Å². The Morgan fingerprint density at radius 2 is 2.17 bits per heavy atom. The Labute approximate surface area is 113 Å². The van der Waals surface area contributed by atoms with Crippen LogP contribution >= 0.6 is 0 Å². The van der Waals surface area contributed by atoms with E-state index in [4.69, 9.17) is 9.16 Å². The number of hydrogen-bond acceptors (Lipinski definition) is 2. The minimum absolute atomic E-state index is 0.300. The lowest BCUT2D eigenvalue weighted by molar-refractivity contribution is 0.0681. The fourth-order valence-electron chi connectivity index (χ4n) is 1.92. The van der Waals surface area contributed by atoms with E-state index >= 15 is 0 Å². The molecule has 0 heterocycles. The molecular formula is C15H24O2Si. The second kappa shape index (κ2) is 8.11. The molecule has 100 valence electrons. The van der Waals surface area contributed by atoms with Gasteiger partial charge in [-0.25, -0.2) is 0 Å². The SMILES string of the molecule is C=Cc1cccc(O[SiH2]C(CC)C(C)OCC)c1. The van der Waals surface area contributed by atoms with Gasteiger partial charge in [-0.2, -0.15) is 0 Å². The fourth-order valence-corrected chi connectivity index (χ4v) is 3.15. The first kappa shape index (κ1) is 15.0. The third kappa shape index (κ3) is 4.67. The molecule has 0 aliphatic carbocycles. The van der Waals surface area contributed by atoms with Gasteiger partial charge in [0.05, 0.1) is 6.10 Å². The van der Waals surface area contributed by atoms with Crippen molar-refractivity contribution in [3.05, 3.63) is 36.4 Å². The van der Waals surface area contributed by atoms with Crippen molar-refractivity contribution in [3.8, 4) is 5.75 Å². The van der Waals surface area contributed by atoms with Crippen molar-refractivity contribution in [2.75, 3.05) is 6.61 Å². The van der Waals surface area contributed by atoms with Crippen molar-refractivity contribution in [3.63, 3.8) is 0 Å². The molecule has 0 aliphatic rings. The van der Waals surface area contributed by atoms with Gasteiger partial charge in [0.25, 0.3) is 0 Å². The van der Waals surface area contributed by atoms with Gasteiger partial charge in [0.1, 0.15) is 5.75 Å². The van der Waals surface area contributed by atoms with Gasteiger partial charge in [0, 0.05) is 12.1 Å². The smallest absolute Gasteiger partial charge is 0.225 e. The molecule has 0 bridgehead atoms. The van der Waals surface area contributed by atoms with E-state index in [0.29, 0.717) is 11.6 Å². The largest absolute Gasteiger partial charge is 0.549 e. The lowest BCUT2D eigenvalue weighted by Crippen LogP contribution is -2.23. The summed E-state index contributed by atoms with van der Waals surface area (Å²) < 4.78 is 11.6. The van der Waals surface area contributed by atoms with E-state index < -0.39 is 9.76 Å². The Morgan fingerprint density at radius 1 is 1.39 bits per heavy atom. The molecule has 0 saturated carbocycles. The molecule has 0 radical (unpaired) electrons. The predicted octanol–water partition coefficient (Wildman–Crippen LogP) is 3.42. The maximum Gasteiger partial charge on any atom is 0.225 e. The second-order valence-corrected chi connectivity index (χ2v) is 6.09. The van der Waals surface area contributed by atoms with E-state index in [1.165, 1.54) is 0 Å². The van der Waals surface area contributed by atoms with Crippen LogP contribution in [0.1, 0.15) is 32.8 Å². The number of rotatable bonds is 8. The summed E-state index contributed by atoms with van der Waals surface area (Å²) >= 11 is 0. The van der Waals surface area contributed by atoms with Crippen LogP contribution in [0.15, 0.2) is 30.8 Å². The molecule has 0 aliphatic heterocycles. The van der Waals surface area contributed by atoms with Crippen molar-refractivity contribution in [2.45, 2.75) is 38.8 Å². The average Bonchev–Trinajstić information content (AvgIpc) is 2.40. The minimum Gasteiger partial charge on any atom is -0.549 e. The Kier molecular flexibility index (Phi) is 6.76. The molecule has 1 aromatic carbocycles. The molecular weight excluding hydrogens is 240 g/mol. The zero-order valence-corrected chi connectivity index (χ0v) is 13.1. The van der Waals surface area contributed by atoms with Crippen LogP contribution in [0.3, 0.4) is 0 Å². The van der Waals surface area contributed by atoms with Gasteiger partial charge in [-0.05, 0) is 31.5 Å². The maximum absolute atomic E-state index is 5.98. The first-order valence-electron chi connectivity index (χ1n) is 6.68. The minimum atomic E-state index is -0.624. The lowest BCUT2D eigenvalue weighted by Gasteiger charge is -2.22. The van der Waals surface area contributed by atoms with Crippen molar-refractivity contribution in [1.82, 2.24) is 0 Å². The summed E-state index contributed by atoms with van der Waals surface area (Å²) in [6.07, 6.45) is 3.26. The lowest BCUT2D eigenvalue weighted by atomic mass is 10.2. The van der Waals surface area contributed by atoms with E-state index in [-0.39, 0.29) is 0 Å². The number of ether oxygens (including phenoxy) is 1. The van der Waals surface area contributed by atoms with Crippen LogP contribution in [0.4, 0.5) is 0 Å². The van der Waals surface area contributed by atoms with Gasteiger partial charge < -0.3 is 9.16 Å². The zero-order chi connectivity index (χ0) is 13.4. The quantitative estimate of drug-likeness (QED) is 0.670. The summed E-state index contributed by atoms with van der Waals surface area (Å²) in [7, 11) is -0.624. The molecule has 0 aromatic heterocycles. The summed E-state index contributed by atoms with van der Waals surface area (Å²) in [5.74, 6) is 0.959. The van der Waals surface area contributed by atoms with E-state index in [1.54, 1.807) is 0 Å². The van der Waals surface area contributed by atoms with Crippen LogP contribution in [0.25, 0.3) is 6.08 Å². The van der Waals surface area contributed by atoms with Gasteiger partial charge in [0.2, 0.25) is 9.76 Å². The third-order valence-corrected chi connectivity index (χ3v) is 5.35. The maximum atomic E-state index is 5.98. The molecule has 2 atom stereocenters. The van der Waals surface area contributed by atoms with E-state index in [2.05, 4.69) is 20.4 Å². The standard InChI is InChI=1S/C15H24O2Si/c1-5-13-9-8-10-14(11-13)17-18-15(6-2)12(4)16-7-3/h5,8-12,15H,1,6-7,18H2,2-4H3. The van der Waals surface area contributed by atoms with E-state index in [1.807, 2.05) is 37.3 Å². The summed E-state index contributed by atoms with van der Waals surface area (Å²) in [5.41, 5.74) is 1.67. The molecule has 0 fully saturated rings. The highest BCUT2D eigenvalue weighted by Crippen LogP contribution is 2.20. The molecule has 1 rings (SSSR count). The Hall–Kier alpha value is -1.06. The highest BCUT2D eigenvalue weighted by molar-refractivity contribution is 6.31. The van der Waals surface area contributed by atoms with Crippen molar-refractivity contribution < 1.29 is 9.16 Å². The van der Waals surface area contributed by atoms with Crippen molar-refractivity contribution in [1.29, 1.82) is 0 Å². The van der Waals surface area contributed by atoms with Crippen LogP contribution in [-0.4, -0.2) is 22.5 Å². The molecule has 0 amide bonds. The monoisotopic (exact) mass is 264 g/mol. The molecule has 0 saturated heterocycles. The molecule has 0 spiro atoms. The Balaban J connectivity index is 2.53. The number of benzene rings is 1. The predicted molar refractivity (Wildman–Crippen MR) is 80.8 cm³/mol. The van der Waals surface area contributed by atoms with Gasteiger partial charge in [-0.1, -0.05) is 38.1 Å². The topological polar surface area (TPSA) is 18.5 Å².